The molecule has 9 heteroatoms. The molecule has 42 heavy (non-hydrogen) atoms. The van der Waals surface area contributed by atoms with E-state index in [1.165, 1.54) is 0 Å². The van der Waals surface area contributed by atoms with Gasteiger partial charge in [-0.2, -0.15) is 0 Å². The van der Waals surface area contributed by atoms with Gasteiger partial charge in [-0.15, -0.1) is 0 Å². The summed E-state index contributed by atoms with van der Waals surface area (Å²) < 4.78 is 10.9. The van der Waals surface area contributed by atoms with Gasteiger partial charge in [0, 0.05) is 31.6 Å². The minimum absolute atomic E-state index is 0.00200. The maximum atomic E-state index is 12.8. The topological polar surface area (TPSA) is 136 Å². The average molecular weight is 576 g/mol. The lowest BCUT2D eigenvalue weighted by Crippen LogP contribution is -2.41. The number of carbonyl (C=O) groups excluding carboxylic acids is 4. The molecule has 0 aliphatic heterocycles. The number of hydrogen-bond acceptors (Lipinski definition) is 7. The van der Waals surface area contributed by atoms with Crippen molar-refractivity contribution in [3.63, 3.8) is 0 Å². The normalized spacial score (nSPS) is 16.5. The lowest BCUT2D eigenvalue weighted by atomic mass is 9.73. The van der Waals surface area contributed by atoms with Crippen LogP contribution in [0.4, 0.5) is 4.79 Å². The van der Waals surface area contributed by atoms with E-state index in [1.54, 1.807) is 0 Å². The van der Waals surface area contributed by atoms with Crippen LogP contribution in [0.1, 0.15) is 76.8 Å². The Balaban J connectivity index is 1.36. The molecule has 0 radical (unpaired) electrons. The summed E-state index contributed by atoms with van der Waals surface area (Å²) in [5.74, 6) is -3.01. The Bertz CT molecular complexity index is 1370. The molecule has 2 aliphatic rings. The van der Waals surface area contributed by atoms with Gasteiger partial charge in [-0.3, -0.25) is 14.4 Å². The minimum Gasteiger partial charge on any atom is -0.480 e. The number of alkyl carbamates (subject to hydrolysis) is 1. The number of benzene rings is 2. The molecule has 0 heterocycles. The van der Waals surface area contributed by atoms with Crippen molar-refractivity contribution >= 4 is 29.6 Å². The number of aliphatic carboxylic acids is 1. The molecule has 9 nitrogen and oxygen atoms in total. The standard InChI is InChI=1S/C33H37NO8/c1-19(2)15-28(30-26(35)16-33(3,4)17-27(30)36)42-29(37)14-13-25(31(38)39)34-32(40)41-18-24-22-11-7-5-9-20(22)21-10-6-8-12-23(21)24/h5-12,19,24-25H,13-18H2,1-4H3,(H,34,40)(H,38,39)/t25-/m1/s1. The molecule has 1 atom stereocenters. The van der Waals surface area contributed by atoms with Gasteiger partial charge in [0.1, 0.15) is 18.4 Å². The highest BCUT2D eigenvalue weighted by Gasteiger charge is 2.38. The van der Waals surface area contributed by atoms with Gasteiger partial charge in [0.2, 0.25) is 0 Å². The minimum atomic E-state index is -1.41. The molecule has 2 aliphatic carbocycles. The van der Waals surface area contributed by atoms with E-state index in [-0.39, 0.29) is 73.4 Å². The van der Waals surface area contributed by atoms with Crippen LogP contribution < -0.4 is 5.32 Å². The number of allylic oxidation sites excluding steroid dienone is 2. The van der Waals surface area contributed by atoms with Crippen molar-refractivity contribution in [3.8, 4) is 11.1 Å². The van der Waals surface area contributed by atoms with Gasteiger partial charge in [0.15, 0.2) is 11.6 Å². The number of fused-ring (bicyclic) bond motifs is 3. The molecule has 2 aromatic carbocycles. The second-order valence-corrected chi connectivity index (χ2v) is 12.1. The smallest absolute Gasteiger partial charge is 0.407 e. The fraction of sp³-hybridized carbons (Fsp3) is 0.424. The number of rotatable bonds is 10. The predicted octanol–water partition coefficient (Wildman–Crippen LogP) is 5.56. The first-order valence-corrected chi connectivity index (χ1v) is 14.2. The fourth-order valence-corrected chi connectivity index (χ4v) is 5.63. The summed E-state index contributed by atoms with van der Waals surface area (Å²) in [6.07, 6.45) is -1.00. The van der Waals surface area contributed by atoms with Crippen LogP contribution in [0, 0.1) is 11.3 Å². The van der Waals surface area contributed by atoms with Crippen LogP contribution >= 0.6 is 0 Å². The number of carboxylic acids is 1. The summed E-state index contributed by atoms with van der Waals surface area (Å²) in [4.78, 5) is 62.8. The predicted molar refractivity (Wildman–Crippen MR) is 154 cm³/mol. The first-order chi connectivity index (χ1) is 19.9. The van der Waals surface area contributed by atoms with Gasteiger partial charge >= 0.3 is 18.0 Å². The molecule has 222 valence electrons. The zero-order valence-electron chi connectivity index (χ0n) is 24.4. The molecule has 1 fully saturated rings. The highest BCUT2D eigenvalue weighted by atomic mass is 16.6. The Morgan fingerprint density at radius 1 is 0.952 bits per heavy atom. The van der Waals surface area contributed by atoms with Crippen molar-refractivity contribution in [2.24, 2.45) is 11.3 Å². The number of esters is 1. The Hall–Kier alpha value is -4.27. The average Bonchev–Trinajstić information content (AvgIpc) is 3.21. The number of amides is 1. The molecule has 0 unspecified atom stereocenters. The zero-order valence-corrected chi connectivity index (χ0v) is 24.4. The molecule has 2 N–H and O–H groups in total. The molecule has 0 spiro atoms. The van der Waals surface area contributed by atoms with E-state index < -0.39 is 29.5 Å². The quantitative estimate of drug-likeness (QED) is 0.163. The fourth-order valence-electron chi connectivity index (χ4n) is 5.63. The van der Waals surface area contributed by atoms with Crippen LogP contribution in [0.2, 0.25) is 0 Å². The van der Waals surface area contributed by atoms with Crippen molar-refractivity contribution in [1.82, 2.24) is 5.32 Å². The number of Topliss-reactive ketones (excluding diaryl/α,β-unsaturated/α-hetero) is 2. The van der Waals surface area contributed by atoms with Gasteiger partial charge in [0.05, 0.1) is 5.57 Å². The first-order valence-electron chi connectivity index (χ1n) is 14.2. The van der Waals surface area contributed by atoms with Gasteiger partial charge in [-0.05, 0) is 40.0 Å². The van der Waals surface area contributed by atoms with Crippen molar-refractivity contribution in [2.75, 3.05) is 6.61 Å². The molecule has 0 saturated heterocycles. The molecule has 0 aromatic heterocycles. The van der Waals surface area contributed by atoms with Crippen molar-refractivity contribution in [1.29, 1.82) is 0 Å². The second-order valence-electron chi connectivity index (χ2n) is 12.1. The van der Waals surface area contributed by atoms with Crippen LogP contribution in [-0.4, -0.2) is 47.4 Å². The van der Waals surface area contributed by atoms with E-state index in [0.29, 0.717) is 0 Å². The molecule has 1 saturated carbocycles. The Kier molecular flexibility index (Phi) is 9.29. The van der Waals surface area contributed by atoms with E-state index in [9.17, 15) is 29.1 Å². The number of ketones is 2. The lowest BCUT2D eigenvalue weighted by Gasteiger charge is -2.29. The summed E-state index contributed by atoms with van der Waals surface area (Å²) >= 11 is 0. The van der Waals surface area contributed by atoms with Crippen LogP contribution in [0.5, 0.6) is 0 Å². The summed E-state index contributed by atoms with van der Waals surface area (Å²) in [5, 5.41) is 12.0. The van der Waals surface area contributed by atoms with E-state index in [2.05, 4.69) is 5.32 Å². The van der Waals surface area contributed by atoms with Crippen molar-refractivity contribution in [3.05, 3.63) is 71.0 Å². The molecule has 4 rings (SSSR count). The maximum Gasteiger partial charge on any atom is 0.407 e. The Morgan fingerprint density at radius 3 is 2.02 bits per heavy atom. The van der Waals surface area contributed by atoms with E-state index >= 15 is 0 Å². The summed E-state index contributed by atoms with van der Waals surface area (Å²) in [5.41, 5.74) is 3.63. The van der Waals surface area contributed by atoms with Gasteiger partial charge < -0.3 is 19.9 Å². The van der Waals surface area contributed by atoms with Crippen LogP contribution in [0.3, 0.4) is 0 Å². The first kappa shape index (κ1) is 30.7. The molecule has 1 amide bonds. The summed E-state index contributed by atoms with van der Waals surface area (Å²) in [6, 6.07) is 14.3. The number of nitrogens with one attached hydrogen (secondary N) is 1. The lowest BCUT2D eigenvalue weighted by molar-refractivity contribution is -0.141. The summed E-state index contributed by atoms with van der Waals surface area (Å²) in [6.45, 7) is 7.43. The molecule has 0 bridgehead atoms. The summed E-state index contributed by atoms with van der Waals surface area (Å²) in [7, 11) is 0. The van der Waals surface area contributed by atoms with E-state index in [0.717, 1.165) is 22.3 Å². The number of ether oxygens (including phenoxy) is 2. The highest BCUT2D eigenvalue weighted by molar-refractivity contribution is 6.22. The number of hydrogen-bond donors (Lipinski definition) is 2. The third-order valence-corrected chi connectivity index (χ3v) is 7.52. The monoisotopic (exact) mass is 575 g/mol. The molecule has 2 aromatic rings. The largest absolute Gasteiger partial charge is 0.480 e. The maximum absolute atomic E-state index is 12.8. The zero-order chi connectivity index (χ0) is 30.6. The van der Waals surface area contributed by atoms with E-state index in [4.69, 9.17) is 9.47 Å². The molecular weight excluding hydrogens is 538 g/mol. The van der Waals surface area contributed by atoms with Crippen LogP contribution in [-0.2, 0) is 28.7 Å². The van der Waals surface area contributed by atoms with Gasteiger partial charge in [0.25, 0.3) is 0 Å². The Labute approximate surface area is 245 Å². The van der Waals surface area contributed by atoms with Crippen molar-refractivity contribution in [2.45, 2.75) is 71.8 Å². The third-order valence-electron chi connectivity index (χ3n) is 7.52. The second kappa shape index (κ2) is 12.7. The molecular formula is C33H37NO8. The van der Waals surface area contributed by atoms with Crippen molar-refractivity contribution < 1.29 is 38.6 Å². The van der Waals surface area contributed by atoms with Crippen LogP contribution in [0.15, 0.2) is 59.9 Å². The van der Waals surface area contributed by atoms with Gasteiger partial charge in [-0.25, -0.2) is 9.59 Å². The van der Waals surface area contributed by atoms with Crippen LogP contribution in [0.25, 0.3) is 11.1 Å². The van der Waals surface area contributed by atoms with E-state index in [1.807, 2.05) is 76.2 Å². The highest BCUT2D eigenvalue weighted by Crippen LogP contribution is 2.44. The third kappa shape index (κ3) is 7.13. The number of carboxylic acid groups (broad SMARTS) is 1. The Morgan fingerprint density at radius 2 is 1.50 bits per heavy atom. The number of carbonyl (C=O) groups is 5. The van der Waals surface area contributed by atoms with Gasteiger partial charge in [-0.1, -0.05) is 76.2 Å². The SMILES string of the molecule is CC(C)CC(OC(=O)CC[C@@H](NC(=O)OCC1c2ccccc2-c2ccccc21)C(=O)O)=C1C(=O)CC(C)(C)CC1=O.